The van der Waals surface area contributed by atoms with E-state index in [0.29, 0.717) is 31.0 Å². The Balaban J connectivity index is 2.88. The predicted octanol–water partition coefficient (Wildman–Crippen LogP) is 2.89. The van der Waals surface area contributed by atoms with E-state index < -0.39 is 5.41 Å². The highest BCUT2D eigenvalue weighted by Gasteiger charge is 2.22. The van der Waals surface area contributed by atoms with Crippen LogP contribution in [0.4, 0.5) is 11.4 Å². The molecule has 0 fully saturated rings. The molecule has 0 heterocycles. The second kappa shape index (κ2) is 9.42. The van der Waals surface area contributed by atoms with Crippen LogP contribution in [-0.4, -0.2) is 45.7 Å². The molecule has 1 rings (SSSR count). The Hall–Kier alpha value is -2.08. The average Bonchev–Trinajstić information content (AvgIpc) is 2.53. The second-order valence-corrected chi connectivity index (χ2v) is 7.14. The summed E-state index contributed by atoms with van der Waals surface area (Å²) in [4.78, 5) is 26.6. The number of carbonyl (C=O) groups excluding carboxylic acids is 2. The first-order valence-electron chi connectivity index (χ1n) is 8.65. The molecule has 0 bridgehead atoms. The fraction of sp³-hybridized carbons (Fsp3) is 0.579. The zero-order chi connectivity index (χ0) is 19.0. The quantitative estimate of drug-likeness (QED) is 0.708. The molecule has 0 unspecified atom stereocenters. The van der Waals surface area contributed by atoms with Gasteiger partial charge in [0.05, 0.1) is 5.56 Å². The smallest absolute Gasteiger partial charge is 0.253 e. The van der Waals surface area contributed by atoms with Crippen LogP contribution in [0.3, 0.4) is 0 Å². The maximum absolute atomic E-state index is 12.5. The minimum absolute atomic E-state index is 0.0897. The first-order chi connectivity index (χ1) is 11.7. The van der Waals surface area contributed by atoms with Gasteiger partial charge in [-0.2, -0.15) is 0 Å². The summed E-state index contributed by atoms with van der Waals surface area (Å²) in [5, 5.41) is 5.78. The Kier molecular flexibility index (Phi) is 7.90. The van der Waals surface area contributed by atoms with Gasteiger partial charge in [-0.1, -0.05) is 20.8 Å². The molecule has 0 aliphatic carbocycles. The molecule has 2 amide bonds. The molecular weight excluding hydrogens is 318 g/mol. The predicted molar refractivity (Wildman–Crippen MR) is 102 cm³/mol. The molecule has 1 aromatic rings. The number of carbonyl (C=O) groups is 2. The fourth-order valence-corrected chi connectivity index (χ4v) is 2.12. The summed E-state index contributed by atoms with van der Waals surface area (Å²) in [6.07, 6.45) is 0.761. The fourth-order valence-electron chi connectivity index (χ4n) is 2.12. The van der Waals surface area contributed by atoms with Gasteiger partial charge in [0.15, 0.2) is 0 Å². The molecule has 25 heavy (non-hydrogen) atoms. The van der Waals surface area contributed by atoms with Crippen LogP contribution in [0.25, 0.3) is 0 Å². The largest absolute Gasteiger partial charge is 0.382 e. The molecule has 0 atom stereocenters. The van der Waals surface area contributed by atoms with Crippen molar-refractivity contribution in [1.29, 1.82) is 0 Å². The number of ether oxygens (including phenoxy) is 1. The van der Waals surface area contributed by atoms with Crippen molar-refractivity contribution in [2.45, 2.75) is 34.1 Å². The molecule has 0 saturated heterocycles. The van der Waals surface area contributed by atoms with Gasteiger partial charge in [-0.3, -0.25) is 9.59 Å². The van der Waals surface area contributed by atoms with Crippen LogP contribution in [0.5, 0.6) is 0 Å². The van der Waals surface area contributed by atoms with E-state index in [1.165, 1.54) is 0 Å². The molecule has 2 N–H and O–H groups in total. The summed E-state index contributed by atoms with van der Waals surface area (Å²) in [6.45, 7) is 9.34. The number of benzene rings is 1. The second-order valence-electron chi connectivity index (χ2n) is 7.14. The van der Waals surface area contributed by atoms with Gasteiger partial charge in [0.25, 0.3) is 5.91 Å². The Morgan fingerprint density at radius 2 is 1.88 bits per heavy atom. The summed E-state index contributed by atoms with van der Waals surface area (Å²) in [6, 6.07) is 5.37. The minimum Gasteiger partial charge on any atom is -0.382 e. The van der Waals surface area contributed by atoms with Gasteiger partial charge in [0.1, 0.15) is 0 Å². The van der Waals surface area contributed by atoms with Crippen molar-refractivity contribution in [2.24, 2.45) is 5.41 Å². The lowest BCUT2D eigenvalue weighted by atomic mass is 9.95. The van der Waals surface area contributed by atoms with Crippen molar-refractivity contribution in [3.05, 3.63) is 23.8 Å². The number of nitrogens with zero attached hydrogens (tertiary/aromatic N) is 1. The molecule has 6 nitrogen and oxygen atoms in total. The van der Waals surface area contributed by atoms with E-state index in [-0.39, 0.29) is 11.8 Å². The van der Waals surface area contributed by atoms with Crippen LogP contribution in [0.2, 0.25) is 0 Å². The first kappa shape index (κ1) is 21.0. The number of rotatable bonds is 8. The lowest BCUT2D eigenvalue weighted by molar-refractivity contribution is -0.123. The van der Waals surface area contributed by atoms with Crippen molar-refractivity contribution in [2.75, 3.05) is 44.1 Å². The molecule has 0 aromatic heterocycles. The average molecular weight is 349 g/mol. The summed E-state index contributed by atoms with van der Waals surface area (Å²) in [5.41, 5.74) is 1.45. The van der Waals surface area contributed by atoms with Crippen LogP contribution in [0.15, 0.2) is 18.2 Å². The van der Waals surface area contributed by atoms with Crippen LogP contribution in [-0.2, 0) is 9.53 Å². The van der Waals surface area contributed by atoms with Crippen LogP contribution in [0.1, 0.15) is 44.5 Å². The normalized spacial score (nSPS) is 11.1. The molecule has 0 aliphatic heterocycles. The molecular formula is C19H31N3O3. The number of nitrogens with one attached hydrogen (secondary N) is 2. The SMILES string of the molecule is CCOCCCNC(=O)c1cc(NC(=O)C(C)(C)C)ccc1N(C)C. The highest BCUT2D eigenvalue weighted by molar-refractivity contribution is 6.02. The topological polar surface area (TPSA) is 70.7 Å². The summed E-state index contributed by atoms with van der Waals surface area (Å²) < 4.78 is 5.27. The monoisotopic (exact) mass is 349 g/mol. The van der Waals surface area contributed by atoms with Crippen molar-refractivity contribution in [3.63, 3.8) is 0 Å². The van der Waals surface area contributed by atoms with Crippen LogP contribution in [0, 0.1) is 5.41 Å². The first-order valence-corrected chi connectivity index (χ1v) is 8.65. The highest BCUT2D eigenvalue weighted by Crippen LogP contribution is 2.24. The van der Waals surface area contributed by atoms with Gasteiger partial charge < -0.3 is 20.3 Å². The molecule has 0 radical (unpaired) electrons. The minimum atomic E-state index is -0.498. The van der Waals surface area contributed by atoms with Gasteiger partial charge in [0.2, 0.25) is 5.91 Å². The van der Waals surface area contributed by atoms with E-state index in [2.05, 4.69) is 10.6 Å². The van der Waals surface area contributed by atoms with Crippen molar-refractivity contribution in [3.8, 4) is 0 Å². The van der Waals surface area contributed by atoms with Crippen molar-refractivity contribution >= 4 is 23.2 Å². The molecule has 6 heteroatoms. The van der Waals surface area contributed by atoms with E-state index in [9.17, 15) is 9.59 Å². The molecule has 1 aromatic carbocycles. The lowest BCUT2D eigenvalue weighted by Gasteiger charge is -2.21. The number of hydrogen-bond acceptors (Lipinski definition) is 4. The zero-order valence-electron chi connectivity index (χ0n) is 16.2. The van der Waals surface area contributed by atoms with Gasteiger partial charge in [0, 0.05) is 50.6 Å². The molecule has 0 saturated carbocycles. The van der Waals surface area contributed by atoms with Crippen LogP contribution >= 0.6 is 0 Å². The van der Waals surface area contributed by atoms with E-state index in [1.807, 2.05) is 58.8 Å². The third-order valence-electron chi connectivity index (χ3n) is 3.62. The van der Waals surface area contributed by atoms with Gasteiger partial charge in [-0.05, 0) is 31.5 Å². The van der Waals surface area contributed by atoms with E-state index in [1.54, 1.807) is 6.07 Å². The maximum atomic E-state index is 12.5. The molecule has 140 valence electrons. The third kappa shape index (κ3) is 6.74. The van der Waals surface area contributed by atoms with Crippen molar-refractivity contribution < 1.29 is 14.3 Å². The third-order valence-corrected chi connectivity index (χ3v) is 3.62. The standard InChI is InChI=1S/C19H31N3O3/c1-7-25-12-8-11-20-17(23)15-13-14(9-10-16(15)22(5)6)21-18(24)19(2,3)4/h9-10,13H,7-8,11-12H2,1-6H3,(H,20,23)(H,21,24). The summed E-state index contributed by atoms with van der Waals surface area (Å²) in [7, 11) is 3.77. The Morgan fingerprint density at radius 1 is 1.20 bits per heavy atom. The lowest BCUT2D eigenvalue weighted by Crippen LogP contribution is -2.29. The summed E-state index contributed by atoms with van der Waals surface area (Å²) >= 11 is 0. The van der Waals surface area contributed by atoms with Gasteiger partial charge >= 0.3 is 0 Å². The number of anilines is 2. The molecule has 0 spiro atoms. The molecule has 0 aliphatic rings. The Bertz CT molecular complexity index is 592. The van der Waals surface area contributed by atoms with E-state index in [0.717, 1.165) is 12.1 Å². The summed E-state index contributed by atoms with van der Waals surface area (Å²) in [5.74, 6) is -0.250. The van der Waals surface area contributed by atoms with Crippen molar-refractivity contribution in [1.82, 2.24) is 5.32 Å². The highest BCUT2D eigenvalue weighted by atomic mass is 16.5. The Morgan fingerprint density at radius 3 is 2.44 bits per heavy atom. The zero-order valence-corrected chi connectivity index (χ0v) is 16.2. The Labute approximate surface area is 150 Å². The van der Waals surface area contributed by atoms with E-state index in [4.69, 9.17) is 4.74 Å². The van der Waals surface area contributed by atoms with E-state index >= 15 is 0 Å². The number of amides is 2. The number of hydrogen-bond donors (Lipinski definition) is 2. The van der Waals surface area contributed by atoms with Gasteiger partial charge in [-0.15, -0.1) is 0 Å². The van der Waals surface area contributed by atoms with Gasteiger partial charge in [-0.25, -0.2) is 0 Å². The maximum Gasteiger partial charge on any atom is 0.253 e. The van der Waals surface area contributed by atoms with Crippen LogP contribution < -0.4 is 15.5 Å².